The molecule has 1 heterocycles. The highest BCUT2D eigenvalue weighted by atomic mass is 15.5. The van der Waals surface area contributed by atoms with Crippen molar-refractivity contribution in [2.75, 3.05) is 0 Å². The van der Waals surface area contributed by atoms with Crippen LogP contribution in [0.1, 0.15) is 37.1 Å². The number of nitrogens with zero attached hydrogens (tertiary/aromatic N) is 3. The molecule has 0 spiro atoms. The molecular weight excluding hydrogens is 284 g/mol. The predicted octanol–water partition coefficient (Wildman–Crippen LogP) is 3.75. The van der Waals surface area contributed by atoms with Gasteiger partial charge in [-0.1, -0.05) is 60.7 Å². The standard InChI is InChI=1S/C19H20N4/c1-12-11-14-7-3-4-9-16(14)19-18(21-22-23(19)13(2)20)17-10-6-5-8-15(12)17/h3-10,12-13H,11,20H2,1-2H3. The maximum absolute atomic E-state index is 6.14. The smallest absolute Gasteiger partial charge is 0.121 e. The zero-order valence-electron chi connectivity index (χ0n) is 13.4. The van der Waals surface area contributed by atoms with Crippen LogP contribution in [0.15, 0.2) is 48.5 Å². The van der Waals surface area contributed by atoms with Crippen molar-refractivity contribution in [2.45, 2.75) is 32.4 Å². The van der Waals surface area contributed by atoms with Crippen molar-refractivity contribution in [1.82, 2.24) is 15.0 Å². The van der Waals surface area contributed by atoms with E-state index in [2.05, 4.69) is 65.8 Å². The van der Waals surface area contributed by atoms with Crippen molar-refractivity contribution >= 4 is 0 Å². The van der Waals surface area contributed by atoms with Gasteiger partial charge in [-0.2, -0.15) is 0 Å². The van der Waals surface area contributed by atoms with Crippen LogP contribution in [0.5, 0.6) is 0 Å². The van der Waals surface area contributed by atoms with Crippen LogP contribution >= 0.6 is 0 Å². The van der Waals surface area contributed by atoms with Gasteiger partial charge in [0.05, 0.1) is 11.9 Å². The third-order valence-electron chi connectivity index (χ3n) is 4.63. The third kappa shape index (κ3) is 2.18. The first kappa shape index (κ1) is 14.2. The first-order chi connectivity index (χ1) is 11.2. The van der Waals surface area contributed by atoms with Crippen LogP contribution in [-0.4, -0.2) is 15.0 Å². The molecule has 4 heteroatoms. The number of fused-ring (bicyclic) bond motifs is 5. The molecule has 0 bridgehead atoms. The van der Waals surface area contributed by atoms with Crippen LogP contribution in [0, 0.1) is 0 Å². The number of benzene rings is 2. The van der Waals surface area contributed by atoms with E-state index in [4.69, 9.17) is 5.73 Å². The van der Waals surface area contributed by atoms with Crippen LogP contribution in [0.2, 0.25) is 0 Å². The fourth-order valence-corrected chi connectivity index (χ4v) is 3.52. The van der Waals surface area contributed by atoms with Crippen LogP contribution < -0.4 is 5.73 Å². The van der Waals surface area contributed by atoms with Crippen molar-refractivity contribution < 1.29 is 0 Å². The Bertz CT molecular complexity index is 863. The summed E-state index contributed by atoms with van der Waals surface area (Å²) in [6.07, 6.45) is 0.778. The average molecular weight is 304 g/mol. The first-order valence-corrected chi connectivity index (χ1v) is 8.05. The fourth-order valence-electron chi connectivity index (χ4n) is 3.52. The van der Waals surface area contributed by atoms with Gasteiger partial charge < -0.3 is 5.73 Å². The molecule has 0 amide bonds. The van der Waals surface area contributed by atoms with Gasteiger partial charge in [0.1, 0.15) is 5.69 Å². The quantitative estimate of drug-likeness (QED) is 0.745. The molecule has 2 atom stereocenters. The second-order valence-corrected chi connectivity index (χ2v) is 6.32. The lowest BCUT2D eigenvalue weighted by molar-refractivity contribution is 0.498. The zero-order chi connectivity index (χ0) is 16.0. The molecule has 3 aromatic rings. The van der Waals surface area contributed by atoms with Gasteiger partial charge in [0.25, 0.3) is 0 Å². The molecule has 1 aliphatic carbocycles. The molecule has 0 fully saturated rings. The summed E-state index contributed by atoms with van der Waals surface area (Å²) in [7, 11) is 0. The molecule has 4 nitrogen and oxygen atoms in total. The van der Waals surface area contributed by atoms with E-state index in [9.17, 15) is 0 Å². The molecule has 2 aromatic carbocycles. The highest BCUT2D eigenvalue weighted by Gasteiger charge is 2.26. The van der Waals surface area contributed by atoms with E-state index >= 15 is 0 Å². The summed E-state index contributed by atoms with van der Waals surface area (Å²) in [4.78, 5) is 0. The minimum atomic E-state index is -0.219. The molecule has 4 rings (SSSR count). The highest BCUT2D eigenvalue weighted by molar-refractivity contribution is 5.82. The van der Waals surface area contributed by atoms with E-state index in [1.807, 2.05) is 11.6 Å². The largest absolute Gasteiger partial charge is 0.310 e. The monoisotopic (exact) mass is 304 g/mol. The molecule has 116 valence electrons. The van der Waals surface area contributed by atoms with Gasteiger partial charge in [-0.3, -0.25) is 0 Å². The second-order valence-electron chi connectivity index (χ2n) is 6.32. The van der Waals surface area contributed by atoms with Crippen molar-refractivity contribution in [3.8, 4) is 22.5 Å². The van der Waals surface area contributed by atoms with E-state index < -0.39 is 0 Å². The Balaban J connectivity index is 2.10. The zero-order valence-corrected chi connectivity index (χ0v) is 13.4. The average Bonchev–Trinajstić information content (AvgIpc) is 2.99. The van der Waals surface area contributed by atoms with Crippen LogP contribution in [-0.2, 0) is 6.42 Å². The lowest BCUT2D eigenvalue weighted by atomic mass is 9.83. The van der Waals surface area contributed by atoms with E-state index in [1.54, 1.807) is 0 Å². The Kier molecular flexibility index (Phi) is 3.27. The Morgan fingerprint density at radius 1 is 1.09 bits per heavy atom. The maximum Gasteiger partial charge on any atom is 0.121 e. The normalized spacial score (nSPS) is 17.4. The summed E-state index contributed by atoms with van der Waals surface area (Å²) < 4.78 is 1.83. The lowest BCUT2D eigenvalue weighted by Gasteiger charge is -2.22. The molecule has 23 heavy (non-hydrogen) atoms. The first-order valence-electron chi connectivity index (χ1n) is 8.05. The number of aromatic nitrogens is 3. The molecule has 0 saturated heterocycles. The molecule has 2 N–H and O–H groups in total. The van der Waals surface area contributed by atoms with Gasteiger partial charge >= 0.3 is 0 Å². The van der Waals surface area contributed by atoms with Crippen molar-refractivity contribution in [3.63, 3.8) is 0 Å². The molecule has 2 unspecified atom stereocenters. The minimum Gasteiger partial charge on any atom is -0.310 e. The van der Waals surface area contributed by atoms with Crippen LogP contribution in [0.25, 0.3) is 22.5 Å². The van der Waals surface area contributed by atoms with Gasteiger partial charge in [0, 0.05) is 11.1 Å². The summed E-state index contributed by atoms with van der Waals surface area (Å²) >= 11 is 0. The van der Waals surface area contributed by atoms with Crippen LogP contribution in [0.3, 0.4) is 0 Å². The number of rotatable bonds is 1. The summed E-state index contributed by atoms with van der Waals surface area (Å²) in [5.74, 6) is 0.431. The van der Waals surface area contributed by atoms with Gasteiger partial charge in [-0.25, -0.2) is 4.68 Å². The third-order valence-corrected chi connectivity index (χ3v) is 4.63. The molecule has 0 saturated carbocycles. The number of nitrogens with two attached hydrogens (primary N) is 1. The Morgan fingerprint density at radius 2 is 1.78 bits per heavy atom. The molecule has 0 radical (unpaired) electrons. The molecular formula is C19H20N4. The second kappa shape index (κ2) is 5.32. The SMILES string of the molecule is CC1Cc2ccccc2-c2c(nnn2C(C)N)-c2ccccc21. The predicted molar refractivity (Wildman–Crippen MR) is 91.9 cm³/mol. The minimum absolute atomic E-state index is 0.219. The van der Waals surface area contributed by atoms with Gasteiger partial charge in [0.2, 0.25) is 0 Å². The van der Waals surface area contributed by atoms with Gasteiger partial charge in [-0.15, -0.1) is 5.10 Å². The van der Waals surface area contributed by atoms with E-state index in [0.29, 0.717) is 5.92 Å². The molecule has 1 aromatic heterocycles. The van der Waals surface area contributed by atoms with Gasteiger partial charge in [-0.05, 0) is 30.4 Å². The summed E-state index contributed by atoms with van der Waals surface area (Å²) in [5.41, 5.74) is 13.1. The van der Waals surface area contributed by atoms with Crippen LogP contribution in [0.4, 0.5) is 0 Å². The van der Waals surface area contributed by atoms with Crippen molar-refractivity contribution in [3.05, 3.63) is 59.7 Å². The fraction of sp³-hybridized carbons (Fsp3) is 0.263. The Labute approximate surface area is 135 Å². The summed E-state index contributed by atoms with van der Waals surface area (Å²) in [6, 6.07) is 17.0. The van der Waals surface area contributed by atoms with Gasteiger partial charge in [0.15, 0.2) is 0 Å². The molecule has 1 aliphatic rings. The van der Waals surface area contributed by atoms with E-state index in [0.717, 1.165) is 23.4 Å². The summed E-state index contributed by atoms with van der Waals surface area (Å²) in [6.45, 7) is 4.21. The highest BCUT2D eigenvalue weighted by Crippen LogP contribution is 2.41. The number of hydrogen-bond acceptors (Lipinski definition) is 3. The molecule has 0 aliphatic heterocycles. The topological polar surface area (TPSA) is 56.7 Å². The van der Waals surface area contributed by atoms with Crippen molar-refractivity contribution in [2.24, 2.45) is 5.73 Å². The van der Waals surface area contributed by atoms with E-state index in [1.165, 1.54) is 16.7 Å². The van der Waals surface area contributed by atoms with Crippen molar-refractivity contribution in [1.29, 1.82) is 0 Å². The van der Waals surface area contributed by atoms with E-state index in [-0.39, 0.29) is 6.17 Å². The Morgan fingerprint density at radius 3 is 2.57 bits per heavy atom. The summed E-state index contributed by atoms with van der Waals surface area (Å²) in [5, 5.41) is 8.83. The Hall–Kier alpha value is -2.46. The lowest BCUT2D eigenvalue weighted by Crippen LogP contribution is -2.18. The maximum atomic E-state index is 6.14. The number of hydrogen-bond donors (Lipinski definition) is 1.